The second kappa shape index (κ2) is 7.41. The van der Waals surface area contributed by atoms with E-state index in [-0.39, 0.29) is 5.97 Å². The average Bonchev–Trinajstić information content (AvgIpc) is 2.54. The Bertz CT molecular complexity index is 675. The lowest BCUT2D eigenvalue weighted by molar-refractivity contribution is 0.0600. The van der Waals surface area contributed by atoms with E-state index in [9.17, 15) is 4.79 Å². The van der Waals surface area contributed by atoms with Gasteiger partial charge in [-0.1, -0.05) is 41.1 Å². The molecule has 0 radical (unpaired) electrons. The molecule has 0 atom stereocenters. The molecule has 2 aromatic rings. The number of oxime groups is 1. The molecule has 0 aliphatic carbocycles. The number of hydrogen-bond donors (Lipinski definition) is 0. The van der Waals surface area contributed by atoms with Gasteiger partial charge in [-0.05, 0) is 42.7 Å². The first-order valence-corrected chi connectivity index (χ1v) is 7.00. The van der Waals surface area contributed by atoms with Crippen LogP contribution in [0.15, 0.2) is 47.6 Å². The topological polar surface area (TPSA) is 47.9 Å². The summed E-state index contributed by atoms with van der Waals surface area (Å²) in [6.45, 7) is 4.53. The number of hydrogen-bond acceptors (Lipinski definition) is 4. The standard InChI is InChI=1S/C18H19NO3/c1-13-4-5-14(2)17(10-13)12-22-19-11-15-6-8-16(9-7-15)18(20)21-3/h4-11H,12H2,1-3H3/b19-11+. The summed E-state index contributed by atoms with van der Waals surface area (Å²) in [5.41, 5.74) is 4.87. The Labute approximate surface area is 130 Å². The Hall–Kier alpha value is -2.62. The number of nitrogens with zero attached hydrogens (tertiary/aromatic N) is 1. The van der Waals surface area contributed by atoms with Gasteiger partial charge in [0.2, 0.25) is 0 Å². The van der Waals surface area contributed by atoms with Crippen molar-refractivity contribution >= 4 is 12.2 Å². The summed E-state index contributed by atoms with van der Waals surface area (Å²) in [5.74, 6) is -0.352. The lowest BCUT2D eigenvalue weighted by atomic mass is 10.1. The largest absolute Gasteiger partial charge is 0.465 e. The lowest BCUT2D eigenvalue weighted by Crippen LogP contribution is -2.00. The molecule has 0 bridgehead atoms. The van der Waals surface area contributed by atoms with Crippen LogP contribution >= 0.6 is 0 Å². The quantitative estimate of drug-likeness (QED) is 0.481. The molecule has 0 heterocycles. The van der Waals surface area contributed by atoms with E-state index < -0.39 is 0 Å². The highest BCUT2D eigenvalue weighted by Gasteiger charge is 2.03. The fourth-order valence-electron chi connectivity index (χ4n) is 1.98. The zero-order valence-corrected chi connectivity index (χ0v) is 13.0. The Balaban J connectivity index is 1.92. The van der Waals surface area contributed by atoms with Gasteiger partial charge in [0.25, 0.3) is 0 Å². The summed E-state index contributed by atoms with van der Waals surface area (Å²) in [4.78, 5) is 16.7. The van der Waals surface area contributed by atoms with Crippen molar-refractivity contribution in [2.75, 3.05) is 7.11 Å². The van der Waals surface area contributed by atoms with Gasteiger partial charge in [0.1, 0.15) is 6.61 Å². The first-order valence-electron chi connectivity index (χ1n) is 7.00. The van der Waals surface area contributed by atoms with Crippen LogP contribution in [0.1, 0.15) is 32.6 Å². The van der Waals surface area contributed by atoms with E-state index >= 15 is 0 Å². The smallest absolute Gasteiger partial charge is 0.337 e. The average molecular weight is 297 g/mol. The number of rotatable bonds is 5. The predicted octanol–water partition coefficient (Wildman–Crippen LogP) is 3.64. The molecular weight excluding hydrogens is 278 g/mol. The molecule has 0 N–H and O–H groups in total. The number of carbonyl (C=O) groups excluding carboxylic acids is 1. The highest BCUT2D eigenvalue weighted by Crippen LogP contribution is 2.12. The van der Waals surface area contributed by atoms with Gasteiger partial charge in [0.05, 0.1) is 18.9 Å². The first-order chi connectivity index (χ1) is 10.6. The Morgan fingerprint density at radius 3 is 2.55 bits per heavy atom. The normalized spacial score (nSPS) is 10.7. The molecule has 0 aliphatic rings. The Morgan fingerprint density at radius 2 is 1.86 bits per heavy atom. The van der Waals surface area contributed by atoms with Crippen molar-refractivity contribution in [3.8, 4) is 0 Å². The van der Waals surface area contributed by atoms with Crippen molar-refractivity contribution in [3.05, 3.63) is 70.3 Å². The summed E-state index contributed by atoms with van der Waals surface area (Å²) in [6, 6.07) is 13.2. The zero-order chi connectivity index (χ0) is 15.9. The molecule has 2 rings (SSSR count). The van der Waals surface area contributed by atoms with E-state index in [1.807, 2.05) is 6.92 Å². The third kappa shape index (κ3) is 4.19. The zero-order valence-electron chi connectivity index (χ0n) is 13.0. The maximum Gasteiger partial charge on any atom is 0.337 e. The molecule has 2 aromatic carbocycles. The molecule has 114 valence electrons. The molecule has 4 heteroatoms. The molecule has 0 spiro atoms. The molecule has 0 amide bonds. The molecule has 22 heavy (non-hydrogen) atoms. The fourth-order valence-corrected chi connectivity index (χ4v) is 1.98. The fraction of sp³-hybridized carbons (Fsp3) is 0.222. The van der Waals surface area contributed by atoms with Gasteiger partial charge in [0, 0.05) is 0 Å². The predicted molar refractivity (Wildman–Crippen MR) is 86.1 cm³/mol. The van der Waals surface area contributed by atoms with Gasteiger partial charge in [-0.15, -0.1) is 0 Å². The summed E-state index contributed by atoms with van der Waals surface area (Å²) in [5, 5.41) is 3.96. The minimum absolute atomic E-state index is 0.352. The number of benzene rings is 2. The van der Waals surface area contributed by atoms with Crippen molar-refractivity contribution in [1.82, 2.24) is 0 Å². The van der Waals surface area contributed by atoms with Crippen LogP contribution in [-0.4, -0.2) is 19.3 Å². The van der Waals surface area contributed by atoms with Gasteiger partial charge in [0.15, 0.2) is 0 Å². The van der Waals surface area contributed by atoms with Crippen LogP contribution in [0.5, 0.6) is 0 Å². The number of carbonyl (C=O) groups is 1. The molecule has 0 fully saturated rings. The van der Waals surface area contributed by atoms with Gasteiger partial charge in [-0.3, -0.25) is 0 Å². The van der Waals surface area contributed by atoms with Gasteiger partial charge in [-0.25, -0.2) is 4.79 Å². The van der Waals surface area contributed by atoms with Crippen molar-refractivity contribution in [3.63, 3.8) is 0 Å². The molecule has 0 aromatic heterocycles. The third-order valence-corrected chi connectivity index (χ3v) is 3.33. The molecular formula is C18H19NO3. The van der Waals surface area contributed by atoms with Crippen molar-refractivity contribution in [1.29, 1.82) is 0 Å². The van der Waals surface area contributed by atoms with Crippen LogP contribution < -0.4 is 0 Å². The van der Waals surface area contributed by atoms with Crippen LogP contribution in [0.3, 0.4) is 0 Å². The van der Waals surface area contributed by atoms with Crippen molar-refractivity contribution in [2.24, 2.45) is 5.16 Å². The van der Waals surface area contributed by atoms with E-state index in [1.54, 1.807) is 30.5 Å². The number of esters is 1. The summed E-state index contributed by atoms with van der Waals surface area (Å²) in [7, 11) is 1.36. The number of methoxy groups -OCH3 is 1. The van der Waals surface area contributed by atoms with Crippen molar-refractivity contribution < 1.29 is 14.4 Å². The molecule has 0 aliphatic heterocycles. The van der Waals surface area contributed by atoms with E-state index in [4.69, 9.17) is 4.84 Å². The minimum Gasteiger partial charge on any atom is -0.465 e. The van der Waals surface area contributed by atoms with Crippen LogP contribution in [0, 0.1) is 13.8 Å². The SMILES string of the molecule is COC(=O)c1ccc(/C=N/OCc2cc(C)ccc2C)cc1. The molecule has 0 unspecified atom stereocenters. The molecule has 4 nitrogen and oxygen atoms in total. The highest BCUT2D eigenvalue weighted by molar-refractivity contribution is 5.90. The van der Waals surface area contributed by atoms with Crippen LogP contribution in [-0.2, 0) is 16.2 Å². The summed E-state index contributed by atoms with van der Waals surface area (Å²) >= 11 is 0. The van der Waals surface area contributed by atoms with Crippen LogP contribution in [0.25, 0.3) is 0 Å². The third-order valence-electron chi connectivity index (χ3n) is 3.33. The van der Waals surface area contributed by atoms with Gasteiger partial charge in [-0.2, -0.15) is 0 Å². The highest BCUT2D eigenvalue weighted by atomic mass is 16.6. The Morgan fingerprint density at radius 1 is 1.14 bits per heavy atom. The molecule has 0 saturated carbocycles. The molecule has 0 saturated heterocycles. The maximum absolute atomic E-state index is 11.3. The Kier molecular flexibility index (Phi) is 5.31. The summed E-state index contributed by atoms with van der Waals surface area (Å²) < 4.78 is 4.65. The van der Waals surface area contributed by atoms with Crippen molar-refractivity contribution in [2.45, 2.75) is 20.5 Å². The number of aryl methyl sites for hydroxylation is 2. The van der Waals surface area contributed by atoms with E-state index in [2.05, 4.69) is 35.0 Å². The van der Waals surface area contributed by atoms with E-state index in [0.717, 1.165) is 11.1 Å². The van der Waals surface area contributed by atoms with Crippen LogP contribution in [0.4, 0.5) is 0 Å². The summed E-state index contributed by atoms with van der Waals surface area (Å²) in [6.07, 6.45) is 1.62. The maximum atomic E-state index is 11.3. The minimum atomic E-state index is -0.352. The van der Waals surface area contributed by atoms with E-state index in [0.29, 0.717) is 12.2 Å². The lowest BCUT2D eigenvalue weighted by Gasteiger charge is -2.05. The van der Waals surface area contributed by atoms with Crippen LogP contribution in [0.2, 0.25) is 0 Å². The van der Waals surface area contributed by atoms with E-state index in [1.165, 1.54) is 18.2 Å². The number of ether oxygens (including phenoxy) is 1. The monoisotopic (exact) mass is 297 g/mol. The van der Waals surface area contributed by atoms with Gasteiger partial charge < -0.3 is 9.57 Å². The second-order valence-corrected chi connectivity index (χ2v) is 5.05. The first kappa shape index (κ1) is 15.8. The van der Waals surface area contributed by atoms with Gasteiger partial charge >= 0.3 is 5.97 Å². The second-order valence-electron chi connectivity index (χ2n) is 5.05.